The van der Waals surface area contributed by atoms with Crippen LogP contribution < -0.4 is 10.6 Å². The molecule has 6 nitrogen and oxygen atoms in total. The van der Waals surface area contributed by atoms with E-state index >= 15 is 0 Å². The summed E-state index contributed by atoms with van der Waals surface area (Å²) in [6.07, 6.45) is 6.00. The van der Waals surface area contributed by atoms with Gasteiger partial charge in [0.25, 0.3) is 5.91 Å². The van der Waals surface area contributed by atoms with Crippen molar-refractivity contribution in [3.8, 4) is 0 Å². The van der Waals surface area contributed by atoms with Crippen LogP contribution in [0.15, 0.2) is 18.2 Å². The number of nitrogens with zero attached hydrogens (tertiary/aromatic N) is 1. The van der Waals surface area contributed by atoms with Crippen LogP contribution in [0.4, 0.5) is 5.69 Å². The van der Waals surface area contributed by atoms with Crippen LogP contribution in [-0.4, -0.2) is 49.1 Å². The number of likely N-dealkylation sites (tertiary alicyclic amines) is 1. The lowest BCUT2D eigenvalue weighted by molar-refractivity contribution is -0.134. The van der Waals surface area contributed by atoms with Crippen molar-refractivity contribution in [3.05, 3.63) is 29.3 Å². The third kappa shape index (κ3) is 3.67. The van der Waals surface area contributed by atoms with Crippen LogP contribution >= 0.6 is 0 Å². The SMILES string of the molecule is CNc1ccc(C(=O)NC(C)C(=O)N2CCC3(CC2)CC3)cc1C=N. The molecule has 1 spiro atoms. The summed E-state index contributed by atoms with van der Waals surface area (Å²) in [5, 5.41) is 13.2. The summed E-state index contributed by atoms with van der Waals surface area (Å²) in [5.41, 5.74) is 2.41. The fraction of sp³-hybridized carbons (Fsp3) is 0.526. The summed E-state index contributed by atoms with van der Waals surface area (Å²) in [7, 11) is 1.77. The predicted molar refractivity (Wildman–Crippen MR) is 98.3 cm³/mol. The van der Waals surface area contributed by atoms with Crippen molar-refractivity contribution in [3.63, 3.8) is 0 Å². The molecule has 0 bridgehead atoms. The van der Waals surface area contributed by atoms with Crippen LogP contribution in [-0.2, 0) is 4.79 Å². The highest BCUT2D eigenvalue weighted by Crippen LogP contribution is 2.53. The maximum atomic E-state index is 12.6. The molecule has 1 aliphatic heterocycles. The number of hydrogen-bond donors (Lipinski definition) is 3. The number of hydrogen-bond acceptors (Lipinski definition) is 4. The van der Waals surface area contributed by atoms with Crippen molar-refractivity contribution in [1.29, 1.82) is 5.41 Å². The van der Waals surface area contributed by atoms with Gasteiger partial charge in [0.1, 0.15) is 6.04 Å². The maximum absolute atomic E-state index is 12.6. The molecule has 1 saturated heterocycles. The maximum Gasteiger partial charge on any atom is 0.251 e. The molecule has 2 aliphatic rings. The predicted octanol–water partition coefficient (Wildman–Crippen LogP) is 2.25. The van der Waals surface area contributed by atoms with Crippen molar-refractivity contribution in [1.82, 2.24) is 10.2 Å². The number of nitrogens with one attached hydrogen (secondary N) is 3. The van der Waals surface area contributed by atoms with Crippen LogP contribution in [0.5, 0.6) is 0 Å². The zero-order valence-electron chi connectivity index (χ0n) is 14.9. The Balaban J connectivity index is 1.60. The van der Waals surface area contributed by atoms with Crippen molar-refractivity contribution in [2.45, 2.75) is 38.6 Å². The van der Waals surface area contributed by atoms with Crippen LogP contribution in [0.1, 0.15) is 48.5 Å². The zero-order chi connectivity index (χ0) is 18.0. The summed E-state index contributed by atoms with van der Waals surface area (Å²) in [5.74, 6) is -0.301. The monoisotopic (exact) mass is 342 g/mol. The fourth-order valence-corrected chi connectivity index (χ4v) is 3.54. The molecule has 0 aromatic heterocycles. The van der Waals surface area contributed by atoms with Gasteiger partial charge in [0, 0.05) is 43.2 Å². The molecule has 1 saturated carbocycles. The molecule has 134 valence electrons. The first kappa shape index (κ1) is 17.5. The molecule has 1 unspecified atom stereocenters. The van der Waals surface area contributed by atoms with Gasteiger partial charge >= 0.3 is 0 Å². The van der Waals surface area contributed by atoms with Crippen molar-refractivity contribution >= 4 is 23.7 Å². The average Bonchev–Trinajstić information content (AvgIpc) is 3.39. The van der Waals surface area contributed by atoms with E-state index in [2.05, 4.69) is 10.6 Å². The van der Waals surface area contributed by atoms with E-state index in [9.17, 15) is 9.59 Å². The average molecular weight is 342 g/mol. The molecule has 1 aliphatic carbocycles. The topological polar surface area (TPSA) is 85.3 Å². The Morgan fingerprint density at radius 1 is 1.24 bits per heavy atom. The molecule has 1 atom stereocenters. The molecule has 3 rings (SSSR count). The molecule has 25 heavy (non-hydrogen) atoms. The second-order valence-corrected chi connectivity index (χ2v) is 7.22. The molecule has 3 N–H and O–H groups in total. The van der Waals surface area contributed by atoms with E-state index in [-0.39, 0.29) is 11.8 Å². The summed E-state index contributed by atoms with van der Waals surface area (Å²) in [4.78, 5) is 26.9. The van der Waals surface area contributed by atoms with Crippen molar-refractivity contribution < 1.29 is 9.59 Å². The zero-order valence-corrected chi connectivity index (χ0v) is 14.9. The molecular weight excluding hydrogens is 316 g/mol. The van der Waals surface area contributed by atoms with Gasteiger partial charge in [-0.2, -0.15) is 0 Å². The van der Waals surface area contributed by atoms with Gasteiger partial charge in [-0.15, -0.1) is 0 Å². The van der Waals surface area contributed by atoms with E-state index in [1.807, 2.05) is 4.90 Å². The van der Waals surface area contributed by atoms with Gasteiger partial charge in [-0.05, 0) is 56.2 Å². The van der Waals surface area contributed by atoms with Crippen molar-refractivity contribution in [2.75, 3.05) is 25.5 Å². The van der Waals surface area contributed by atoms with E-state index in [4.69, 9.17) is 5.41 Å². The van der Waals surface area contributed by atoms with E-state index in [0.29, 0.717) is 16.5 Å². The van der Waals surface area contributed by atoms with E-state index < -0.39 is 6.04 Å². The first-order valence-corrected chi connectivity index (χ1v) is 8.90. The van der Waals surface area contributed by atoms with Gasteiger partial charge in [-0.1, -0.05) is 0 Å². The second-order valence-electron chi connectivity index (χ2n) is 7.22. The van der Waals surface area contributed by atoms with Gasteiger partial charge in [-0.3, -0.25) is 9.59 Å². The van der Waals surface area contributed by atoms with Gasteiger partial charge < -0.3 is 20.9 Å². The molecule has 1 aromatic rings. The molecule has 2 fully saturated rings. The molecule has 1 heterocycles. The fourth-order valence-electron chi connectivity index (χ4n) is 3.54. The summed E-state index contributed by atoms with van der Waals surface area (Å²) >= 11 is 0. The second kappa shape index (κ2) is 6.86. The highest BCUT2D eigenvalue weighted by molar-refractivity contribution is 6.00. The standard InChI is InChI=1S/C19H26N4O2/c1-13(18(25)23-9-7-19(5-6-19)8-10-23)22-17(24)14-3-4-16(21-2)15(11-14)12-20/h3-4,11-13,20-21H,5-10H2,1-2H3,(H,22,24). The van der Waals surface area contributed by atoms with Gasteiger partial charge in [0.05, 0.1) is 0 Å². The first-order valence-electron chi connectivity index (χ1n) is 8.90. The van der Waals surface area contributed by atoms with Gasteiger partial charge in [0.2, 0.25) is 5.91 Å². The number of piperidine rings is 1. The van der Waals surface area contributed by atoms with Crippen LogP contribution in [0.2, 0.25) is 0 Å². The Bertz CT molecular complexity index is 687. The van der Waals surface area contributed by atoms with Crippen LogP contribution in [0.25, 0.3) is 0 Å². The summed E-state index contributed by atoms with van der Waals surface area (Å²) in [6, 6.07) is 4.57. The lowest BCUT2D eigenvalue weighted by Gasteiger charge is -2.33. The molecular formula is C19H26N4O2. The van der Waals surface area contributed by atoms with Crippen LogP contribution in [0.3, 0.4) is 0 Å². The number of rotatable bonds is 5. The minimum atomic E-state index is -0.548. The molecule has 2 amide bonds. The van der Waals surface area contributed by atoms with Crippen LogP contribution in [0, 0.1) is 10.8 Å². The quantitative estimate of drug-likeness (QED) is 0.718. The Kier molecular flexibility index (Phi) is 4.79. The Labute approximate surface area is 148 Å². The Morgan fingerprint density at radius 2 is 1.92 bits per heavy atom. The first-order chi connectivity index (χ1) is 12.0. The van der Waals surface area contributed by atoms with E-state index in [1.54, 1.807) is 32.2 Å². The minimum absolute atomic E-state index is 0.0111. The smallest absolute Gasteiger partial charge is 0.251 e. The lowest BCUT2D eigenvalue weighted by atomic mass is 9.93. The highest BCUT2D eigenvalue weighted by Gasteiger charge is 2.45. The lowest BCUT2D eigenvalue weighted by Crippen LogP contribution is -2.49. The van der Waals surface area contributed by atoms with E-state index in [1.165, 1.54) is 19.1 Å². The number of carbonyl (C=O) groups is 2. The van der Waals surface area contributed by atoms with Crippen molar-refractivity contribution in [2.24, 2.45) is 5.41 Å². The molecule has 0 radical (unpaired) electrons. The Morgan fingerprint density at radius 3 is 2.48 bits per heavy atom. The third-order valence-corrected chi connectivity index (χ3v) is 5.55. The number of benzene rings is 1. The number of amides is 2. The third-order valence-electron chi connectivity index (χ3n) is 5.55. The largest absolute Gasteiger partial charge is 0.388 e. The summed E-state index contributed by atoms with van der Waals surface area (Å²) in [6.45, 7) is 3.34. The number of anilines is 1. The molecule has 1 aromatic carbocycles. The minimum Gasteiger partial charge on any atom is -0.388 e. The van der Waals surface area contributed by atoms with Gasteiger partial charge in [0.15, 0.2) is 0 Å². The number of carbonyl (C=O) groups excluding carboxylic acids is 2. The normalized spacial score (nSPS) is 19.2. The summed E-state index contributed by atoms with van der Waals surface area (Å²) < 4.78 is 0. The van der Waals surface area contributed by atoms with E-state index in [0.717, 1.165) is 31.6 Å². The Hall–Kier alpha value is -2.37. The van der Waals surface area contributed by atoms with Gasteiger partial charge in [-0.25, -0.2) is 0 Å². The highest BCUT2D eigenvalue weighted by atomic mass is 16.2. The molecule has 6 heteroatoms.